The van der Waals surface area contributed by atoms with Crippen molar-refractivity contribution in [3.05, 3.63) is 63.5 Å². The Hall–Kier alpha value is -2.68. The lowest BCUT2D eigenvalue weighted by Gasteiger charge is -2.31. The summed E-state index contributed by atoms with van der Waals surface area (Å²) < 4.78 is 15.0. The summed E-state index contributed by atoms with van der Waals surface area (Å²) in [4.78, 5) is 26.7. The second-order valence-corrected chi connectivity index (χ2v) is 6.70. The minimum absolute atomic E-state index is 0.0389. The number of aliphatic hydroxyl groups is 1. The summed E-state index contributed by atoms with van der Waals surface area (Å²) in [6.07, 6.45) is -0.724. The quantitative estimate of drug-likeness (QED) is 0.785. The Morgan fingerprint density at radius 2 is 1.85 bits per heavy atom. The fraction of sp³-hybridized carbons (Fsp3) is 0.263. The van der Waals surface area contributed by atoms with Crippen LogP contribution in [0.15, 0.2) is 53.0 Å². The molecular weight excluding hydrogens is 370 g/mol. The molecule has 1 aliphatic heterocycles. The van der Waals surface area contributed by atoms with Gasteiger partial charge in [-0.2, -0.15) is 0 Å². The molecule has 0 fully saturated rings. The summed E-state index contributed by atoms with van der Waals surface area (Å²) in [7, 11) is 2.49. The monoisotopic (exact) mass is 389 g/mol. The van der Waals surface area contributed by atoms with E-state index in [0.717, 1.165) is 10.4 Å². The molecular formula is C19H19NO6S. The number of carbonyl (C=O) groups is 2. The Labute approximate surface area is 160 Å². The first-order valence-electron chi connectivity index (χ1n) is 8.13. The molecule has 27 heavy (non-hydrogen) atoms. The third-order valence-corrected chi connectivity index (χ3v) is 5.09. The van der Waals surface area contributed by atoms with Crippen LogP contribution >= 0.6 is 11.3 Å². The fourth-order valence-electron chi connectivity index (χ4n) is 2.79. The van der Waals surface area contributed by atoms with Gasteiger partial charge in [-0.15, -0.1) is 11.3 Å². The first-order valence-corrected chi connectivity index (χ1v) is 9.01. The van der Waals surface area contributed by atoms with E-state index >= 15 is 0 Å². The molecule has 0 aliphatic carbocycles. The molecule has 1 aromatic carbocycles. The number of anilines is 1. The van der Waals surface area contributed by atoms with Crippen molar-refractivity contribution in [2.45, 2.75) is 6.10 Å². The number of benzene rings is 1. The summed E-state index contributed by atoms with van der Waals surface area (Å²) >= 11 is 1.47. The van der Waals surface area contributed by atoms with Gasteiger partial charge in [0.1, 0.15) is 18.5 Å². The van der Waals surface area contributed by atoms with E-state index in [2.05, 4.69) is 0 Å². The van der Waals surface area contributed by atoms with Crippen LogP contribution in [0.4, 0.5) is 5.69 Å². The Morgan fingerprint density at radius 1 is 1.15 bits per heavy atom. The fourth-order valence-corrected chi connectivity index (χ4v) is 3.53. The van der Waals surface area contributed by atoms with Crippen molar-refractivity contribution in [1.29, 1.82) is 0 Å². The SMILES string of the molecule is COC(=O)C1=C(C(=O)OC)N(c2ccc(C(O)c3cccs3)cc2)COC1. The molecule has 2 heterocycles. The van der Waals surface area contributed by atoms with E-state index in [1.807, 2.05) is 17.5 Å². The van der Waals surface area contributed by atoms with Gasteiger partial charge >= 0.3 is 11.9 Å². The molecule has 1 unspecified atom stereocenters. The van der Waals surface area contributed by atoms with Crippen molar-refractivity contribution in [3.8, 4) is 0 Å². The van der Waals surface area contributed by atoms with Crippen molar-refractivity contribution >= 4 is 29.0 Å². The zero-order valence-corrected chi connectivity index (χ0v) is 15.7. The number of hydrogen-bond acceptors (Lipinski definition) is 8. The van der Waals surface area contributed by atoms with Crippen molar-refractivity contribution < 1.29 is 28.9 Å². The van der Waals surface area contributed by atoms with Crippen LogP contribution in [0.3, 0.4) is 0 Å². The van der Waals surface area contributed by atoms with Crippen LogP contribution in [0.1, 0.15) is 16.5 Å². The molecule has 2 aromatic rings. The summed E-state index contributed by atoms with van der Waals surface area (Å²) in [6, 6.07) is 10.8. The second-order valence-electron chi connectivity index (χ2n) is 5.73. The molecule has 8 heteroatoms. The van der Waals surface area contributed by atoms with Gasteiger partial charge in [0.25, 0.3) is 0 Å². The third kappa shape index (κ3) is 3.87. The van der Waals surface area contributed by atoms with Gasteiger partial charge in [0.05, 0.1) is 26.4 Å². The van der Waals surface area contributed by atoms with Gasteiger partial charge in [-0.05, 0) is 29.1 Å². The third-order valence-electron chi connectivity index (χ3n) is 4.17. The smallest absolute Gasteiger partial charge is 0.355 e. The second kappa shape index (κ2) is 8.34. The Kier molecular flexibility index (Phi) is 5.90. The number of hydrogen-bond donors (Lipinski definition) is 1. The number of aliphatic hydroxyl groups excluding tert-OH is 1. The molecule has 0 spiro atoms. The van der Waals surface area contributed by atoms with Crippen LogP contribution in [-0.4, -0.2) is 44.6 Å². The van der Waals surface area contributed by atoms with Crippen LogP contribution in [0.25, 0.3) is 0 Å². The van der Waals surface area contributed by atoms with Crippen LogP contribution in [0, 0.1) is 0 Å². The van der Waals surface area contributed by atoms with Gasteiger partial charge < -0.3 is 24.2 Å². The van der Waals surface area contributed by atoms with Gasteiger partial charge in [-0.25, -0.2) is 9.59 Å². The van der Waals surface area contributed by atoms with E-state index in [-0.39, 0.29) is 24.6 Å². The van der Waals surface area contributed by atoms with E-state index < -0.39 is 18.0 Å². The van der Waals surface area contributed by atoms with Crippen molar-refractivity contribution in [1.82, 2.24) is 0 Å². The summed E-state index contributed by atoms with van der Waals surface area (Å²) in [5.74, 6) is -1.30. The van der Waals surface area contributed by atoms with Crippen LogP contribution in [0.2, 0.25) is 0 Å². The predicted molar refractivity (Wildman–Crippen MR) is 99.2 cm³/mol. The van der Waals surface area contributed by atoms with Crippen molar-refractivity contribution in [2.75, 3.05) is 32.5 Å². The summed E-state index contributed by atoms with van der Waals surface area (Å²) in [5, 5.41) is 12.3. The van der Waals surface area contributed by atoms with Crippen molar-refractivity contribution in [2.24, 2.45) is 0 Å². The van der Waals surface area contributed by atoms with Crippen LogP contribution in [-0.2, 0) is 23.8 Å². The molecule has 142 valence electrons. The molecule has 0 amide bonds. The predicted octanol–water partition coefficient (Wildman–Crippen LogP) is 2.22. The van der Waals surface area contributed by atoms with E-state index in [1.54, 1.807) is 29.2 Å². The number of rotatable bonds is 5. The van der Waals surface area contributed by atoms with Crippen LogP contribution < -0.4 is 4.90 Å². The summed E-state index contributed by atoms with van der Waals surface area (Å²) in [6.45, 7) is 0.0422. The normalized spacial score (nSPS) is 15.4. The molecule has 0 saturated carbocycles. The Bertz CT molecular complexity index is 844. The van der Waals surface area contributed by atoms with E-state index in [9.17, 15) is 14.7 Å². The molecule has 0 radical (unpaired) electrons. The molecule has 1 atom stereocenters. The maximum atomic E-state index is 12.3. The lowest BCUT2D eigenvalue weighted by molar-refractivity contribution is -0.140. The zero-order chi connectivity index (χ0) is 19.4. The van der Waals surface area contributed by atoms with Crippen molar-refractivity contribution in [3.63, 3.8) is 0 Å². The molecule has 3 rings (SSSR count). The minimum Gasteiger partial charge on any atom is -0.466 e. The lowest BCUT2D eigenvalue weighted by Crippen LogP contribution is -2.38. The maximum absolute atomic E-state index is 12.3. The highest BCUT2D eigenvalue weighted by atomic mass is 32.1. The number of carbonyl (C=O) groups excluding carboxylic acids is 2. The highest BCUT2D eigenvalue weighted by Gasteiger charge is 2.32. The van der Waals surface area contributed by atoms with Gasteiger partial charge in [-0.1, -0.05) is 18.2 Å². The average Bonchev–Trinajstić information content (AvgIpc) is 3.26. The zero-order valence-electron chi connectivity index (χ0n) is 14.9. The molecule has 7 nitrogen and oxygen atoms in total. The number of esters is 2. The molecule has 0 saturated heterocycles. The van der Waals surface area contributed by atoms with E-state index in [4.69, 9.17) is 14.2 Å². The molecule has 1 aliphatic rings. The number of ether oxygens (including phenoxy) is 3. The Balaban J connectivity index is 1.94. The average molecular weight is 389 g/mol. The number of methoxy groups -OCH3 is 2. The van der Waals surface area contributed by atoms with E-state index in [0.29, 0.717) is 5.69 Å². The number of nitrogens with zero attached hydrogens (tertiary/aromatic N) is 1. The number of thiophene rings is 1. The topological polar surface area (TPSA) is 85.3 Å². The van der Waals surface area contributed by atoms with Crippen LogP contribution in [0.5, 0.6) is 0 Å². The maximum Gasteiger partial charge on any atom is 0.355 e. The first-order chi connectivity index (χ1) is 13.1. The van der Waals surface area contributed by atoms with Gasteiger partial charge in [0, 0.05) is 10.6 Å². The highest BCUT2D eigenvalue weighted by molar-refractivity contribution is 7.10. The lowest BCUT2D eigenvalue weighted by atomic mass is 10.1. The van der Waals surface area contributed by atoms with Gasteiger partial charge in [0.2, 0.25) is 0 Å². The highest BCUT2D eigenvalue weighted by Crippen LogP contribution is 2.30. The van der Waals surface area contributed by atoms with Gasteiger partial charge in [0.15, 0.2) is 0 Å². The summed E-state index contributed by atoms with van der Waals surface area (Å²) in [5.41, 5.74) is 1.52. The van der Waals surface area contributed by atoms with E-state index in [1.165, 1.54) is 25.6 Å². The largest absolute Gasteiger partial charge is 0.466 e. The minimum atomic E-state index is -0.724. The Morgan fingerprint density at radius 3 is 2.44 bits per heavy atom. The molecule has 1 N–H and O–H groups in total. The van der Waals surface area contributed by atoms with Gasteiger partial charge in [-0.3, -0.25) is 0 Å². The first kappa shape index (κ1) is 19.1. The molecule has 1 aromatic heterocycles. The standard InChI is InChI=1S/C19H19NO6S/c1-24-18(22)14-10-26-11-20(16(14)19(23)25-2)13-7-5-12(6-8-13)17(21)15-4-3-9-27-15/h3-9,17,21H,10-11H2,1-2H3. The molecule has 0 bridgehead atoms.